The van der Waals surface area contributed by atoms with E-state index >= 15 is 0 Å². The number of benzene rings is 1. The van der Waals surface area contributed by atoms with E-state index in [0.29, 0.717) is 25.3 Å². The topological polar surface area (TPSA) is 165 Å². The molecule has 8 heteroatoms. The van der Waals surface area contributed by atoms with E-state index < -0.39 is 23.9 Å². The van der Waals surface area contributed by atoms with Crippen molar-refractivity contribution in [1.82, 2.24) is 0 Å². The minimum Gasteiger partial charge on any atom is -0.481 e. The zero-order valence-corrected chi connectivity index (χ0v) is 16.3. The van der Waals surface area contributed by atoms with E-state index in [1.807, 2.05) is 24.3 Å². The van der Waals surface area contributed by atoms with Crippen LogP contribution >= 0.6 is 0 Å². The summed E-state index contributed by atoms with van der Waals surface area (Å²) in [5, 5.41) is 17.2. The lowest BCUT2D eigenvalue weighted by molar-refractivity contribution is -0.139. The second-order valence-electron chi connectivity index (χ2n) is 6.79. The molecule has 0 aliphatic heterocycles. The lowest BCUT2D eigenvalue weighted by atomic mass is 9.97. The van der Waals surface area contributed by atoms with Crippen molar-refractivity contribution < 1.29 is 19.8 Å². The van der Waals surface area contributed by atoms with E-state index in [1.165, 1.54) is 5.56 Å². The van der Waals surface area contributed by atoms with E-state index in [2.05, 4.69) is 18.8 Å². The summed E-state index contributed by atoms with van der Waals surface area (Å²) in [6.45, 7) is 6.48. The number of carbonyl (C=O) groups is 2. The van der Waals surface area contributed by atoms with Gasteiger partial charge < -0.3 is 27.4 Å². The Morgan fingerprint density at radius 2 is 1.59 bits per heavy atom. The van der Waals surface area contributed by atoms with Crippen LogP contribution in [0, 0.1) is 5.92 Å². The summed E-state index contributed by atoms with van der Waals surface area (Å²) in [7, 11) is 0. The van der Waals surface area contributed by atoms with Gasteiger partial charge in [0.15, 0.2) is 5.96 Å². The van der Waals surface area contributed by atoms with Crippen LogP contribution in [0.25, 0.3) is 0 Å². The third-order valence-electron chi connectivity index (χ3n) is 3.78. The van der Waals surface area contributed by atoms with Gasteiger partial charge in [-0.15, -0.1) is 0 Å². The quantitative estimate of drug-likeness (QED) is 0.246. The largest absolute Gasteiger partial charge is 0.481 e. The van der Waals surface area contributed by atoms with Gasteiger partial charge in [0.05, 0.1) is 5.92 Å². The number of carboxylic acids is 2. The maximum atomic E-state index is 10.8. The standard InChI is InChI=1S/C13H18O2.C6H14N4O2/c1-9(2)8-11-4-6-12(7-5-11)10(3)13(14)15;7-4(5(11)12)2-1-3-10-6(8)9/h4-7,9-10H,8H2,1-3H3,(H,14,15);4H,1-3,7H2,(H,11,12)(H4,8,9,10)/t10-;/m0./s1. The number of aliphatic carboxylic acids is 2. The molecule has 27 heavy (non-hydrogen) atoms. The van der Waals surface area contributed by atoms with Crippen molar-refractivity contribution >= 4 is 17.9 Å². The minimum absolute atomic E-state index is 0.0129. The van der Waals surface area contributed by atoms with Gasteiger partial charge >= 0.3 is 11.9 Å². The molecule has 2 atom stereocenters. The number of hydrogen-bond acceptors (Lipinski definition) is 4. The molecule has 0 saturated heterocycles. The number of nitrogens with two attached hydrogens (primary N) is 3. The first kappa shape index (κ1) is 24.4. The fourth-order valence-electron chi connectivity index (χ4n) is 2.20. The molecule has 0 aliphatic carbocycles. The molecular weight excluding hydrogens is 348 g/mol. The maximum Gasteiger partial charge on any atom is 0.320 e. The van der Waals surface area contributed by atoms with Gasteiger partial charge in [-0.3, -0.25) is 14.6 Å². The molecule has 0 bridgehead atoms. The van der Waals surface area contributed by atoms with Crippen LogP contribution in [-0.4, -0.2) is 40.7 Å². The lowest BCUT2D eigenvalue weighted by Crippen LogP contribution is -2.30. The monoisotopic (exact) mass is 380 g/mol. The van der Waals surface area contributed by atoms with Crippen molar-refractivity contribution in [3.63, 3.8) is 0 Å². The number of carboxylic acid groups (broad SMARTS) is 2. The highest BCUT2D eigenvalue weighted by Crippen LogP contribution is 2.17. The van der Waals surface area contributed by atoms with Crippen LogP contribution in [0.4, 0.5) is 0 Å². The zero-order chi connectivity index (χ0) is 21.0. The number of rotatable bonds is 9. The van der Waals surface area contributed by atoms with Crippen LogP contribution in [0.5, 0.6) is 0 Å². The Kier molecular flexibility index (Phi) is 11.5. The predicted octanol–water partition coefficient (Wildman–Crippen LogP) is 1.53. The van der Waals surface area contributed by atoms with Gasteiger partial charge in [-0.2, -0.15) is 0 Å². The normalized spacial score (nSPS) is 12.5. The Balaban J connectivity index is 0.000000516. The van der Waals surface area contributed by atoms with E-state index in [-0.39, 0.29) is 5.96 Å². The van der Waals surface area contributed by atoms with Gasteiger partial charge in [-0.1, -0.05) is 38.1 Å². The van der Waals surface area contributed by atoms with Gasteiger partial charge in [-0.05, 0) is 43.2 Å². The first-order valence-corrected chi connectivity index (χ1v) is 8.90. The summed E-state index contributed by atoms with van der Waals surface area (Å²) in [5.41, 5.74) is 17.5. The molecule has 0 amide bonds. The van der Waals surface area contributed by atoms with Gasteiger partial charge in [0.1, 0.15) is 6.04 Å². The molecule has 0 heterocycles. The highest BCUT2D eigenvalue weighted by atomic mass is 16.4. The van der Waals surface area contributed by atoms with Crippen LogP contribution in [0.15, 0.2) is 29.3 Å². The van der Waals surface area contributed by atoms with Crippen molar-refractivity contribution in [3.8, 4) is 0 Å². The number of aliphatic imine (C=N–C) groups is 1. The highest BCUT2D eigenvalue weighted by molar-refractivity contribution is 5.76. The Bertz CT molecular complexity index is 611. The second kappa shape index (κ2) is 12.7. The summed E-state index contributed by atoms with van der Waals surface area (Å²) in [6, 6.07) is 7.05. The molecular formula is C19H32N4O4. The molecule has 0 saturated carbocycles. The first-order chi connectivity index (χ1) is 12.5. The van der Waals surface area contributed by atoms with Crippen LogP contribution in [0.3, 0.4) is 0 Å². The Morgan fingerprint density at radius 3 is 2.00 bits per heavy atom. The smallest absolute Gasteiger partial charge is 0.320 e. The van der Waals surface area contributed by atoms with Gasteiger partial charge in [-0.25, -0.2) is 0 Å². The molecule has 0 fully saturated rings. The average molecular weight is 380 g/mol. The van der Waals surface area contributed by atoms with E-state index in [9.17, 15) is 9.59 Å². The Labute approximate surface area is 160 Å². The number of hydrogen-bond donors (Lipinski definition) is 5. The first-order valence-electron chi connectivity index (χ1n) is 8.90. The van der Waals surface area contributed by atoms with Crippen molar-refractivity contribution in [3.05, 3.63) is 35.4 Å². The van der Waals surface area contributed by atoms with Crippen LogP contribution in [0.1, 0.15) is 50.7 Å². The van der Waals surface area contributed by atoms with Gasteiger partial charge in [0.2, 0.25) is 0 Å². The minimum atomic E-state index is -1.00. The SMILES string of the molecule is CC(C)Cc1ccc([C@H](C)C(=O)O)cc1.NC(N)=NCCCC(N)C(=O)O. The van der Waals surface area contributed by atoms with Crippen LogP contribution in [0.2, 0.25) is 0 Å². The second-order valence-corrected chi connectivity index (χ2v) is 6.79. The molecule has 1 aromatic rings. The molecule has 1 unspecified atom stereocenters. The fourth-order valence-corrected chi connectivity index (χ4v) is 2.20. The van der Waals surface area contributed by atoms with Crippen molar-refractivity contribution in [2.75, 3.05) is 6.54 Å². The number of nitrogens with zero attached hydrogens (tertiary/aromatic N) is 1. The van der Waals surface area contributed by atoms with E-state index in [0.717, 1.165) is 12.0 Å². The van der Waals surface area contributed by atoms with Gasteiger partial charge in [0.25, 0.3) is 0 Å². The Hall–Kier alpha value is -2.61. The van der Waals surface area contributed by atoms with Crippen molar-refractivity contribution in [2.45, 2.75) is 52.0 Å². The fraction of sp³-hybridized carbons (Fsp3) is 0.526. The molecule has 1 rings (SSSR count). The predicted molar refractivity (Wildman–Crippen MR) is 107 cm³/mol. The van der Waals surface area contributed by atoms with E-state index in [1.54, 1.807) is 6.92 Å². The maximum absolute atomic E-state index is 10.8. The molecule has 0 aliphatic rings. The van der Waals surface area contributed by atoms with Gasteiger partial charge in [0, 0.05) is 6.54 Å². The molecule has 0 spiro atoms. The lowest BCUT2D eigenvalue weighted by Gasteiger charge is -2.09. The average Bonchev–Trinajstić information content (AvgIpc) is 2.58. The van der Waals surface area contributed by atoms with Crippen LogP contribution < -0.4 is 17.2 Å². The third kappa shape index (κ3) is 11.6. The molecule has 0 radical (unpaired) electrons. The summed E-state index contributed by atoms with van der Waals surface area (Å²) in [6.07, 6.45) is 2.00. The van der Waals surface area contributed by atoms with E-state index in [4.69, 9.17) is 27.4 Å². The summed E-state index contributed by atoms with van der Waals surface area (Å²) in [5.74, 6) is -1.55. The third-order valence-corrected chi connectivity index (χ3v) is 3.78. The molecule has 1 aromatic carbocycles. The summed E-state index contributed by atoms with van der Waals surface area (Å²) >= 11 is 0. The molecule has 8 nitrogen and oxygen atoms in total. The summed E-state index contributed by atoms with van der Waals surface area (Å²) in [4.78, 5) is 24.7. The molecule has 0 aromatic heterocycles. The highest BCUT2D eigenvalue weighted by Gasteiger charge is 2.13. The number of guanidine groups is 1. The zero-order valence-electron chi connectivity index (χ0n) is 16.3. The Morgan fingerprint density at radius 1 is 1.04 bits per heavy atom. The van der Waals surface area contributed by atoms with Crippen LogP contribution in [-0.2, 0) is 16.0 Å². The van der Waals surface area contributed by atoms with Crippen molar-refractivity contribution in [2.24, 2.45) is 28.1 Å². The molecule has 152 valence electrons. The van der Waals surface area contributed by atoms with Crippen molar-refractivity contribution in [1.29, 1.82) is 0 Å². The molecule has 8 N–H and O–H groups in total. The summed E-state index contributed by atoms with van der Waals surface area (Å²) < 4.78 is 0.